The van der Waals surface area contributed by atoms with Gasteiger partial charge in [0, 0.05) is 24.4 Å². The Labute approximate surface area is 198 Å². The molecule has 2 aromatic rings. The molecule has 5 rings (SSSR count). The van der Waals surface area contributed by atoms with Crippen LogP contribution >= 0.6 is 11.8 Å². The molecule has 1 N–H and O–H groups in total. The van der Waals surface area contributed by atoms with Gasteiger partial charge < -0.3 is 4.74 Å². The highest BCUT2D eigenvalue weighted by molar-refractivity contribution is 8.01. The monoisotopic (exact) mass is 468 g/mol. The van der Waals surface area contributed by atoms with Crippen molar-refractivity contribution in [3.8, 4) is 11.4 Å². The van der Waals surface area contributed by atoms with Gasteiger partial charge in [-0.15, -0.1) is 5.10 Å². The molecular weight excluding hydrogens is 436 g/mol. The third-order valence-electron chi connectivity index (χ3n) is 7.73. The molecule has 0 radical (unpaired) electrons. The first-order valence-corrected chi connectivity index (χ1v) is 13.3. The second kappa shape index (κ2) is 9.95. The number of Topliss-reactive ketones (excluding diaryl/α,β-unsaturated/α-hetero) is 1. The fraction of sp³-hybridized carbons (Fsp3) is 0.640. The minimum Gasteiger partial charge on any atom is -0.457 e. The van der Waals surface area contributed by atoms with Crippen LogP contribution < -0.4 is 0 Å². The van der Waals surface area contributed by atoms with Gasteiger partial charge in [0.1, 0.15) is 5.60 Å². The minimum absolute atomic E-state index is 0.0398. The van der Waals surface area contributed by atoms with E-state index in [-0.39, 0.29) is 5.78 Å². The molecule has 2 aromatic heterocycles. The Morgan fingerprint density at radius 2 is 1.76 bits per heavy atom. The maximum atomic E-state index is 13.3. The van der Waals surface area contributed by atoms with E-state index in [1.54, 1.807) is 12.4 Å². The average molecular weight is 469 g/mol. The van der Waals surface area contributed by atoms with Gasteiger partial charge in [-0.25, -0.2) is 4.98 Å². The Morgan fingerprint density at radius 3 is 2.48 bits per heavy atom. The summed E-state index contributed by atoms with van der Waals surface area (Å²) in [5.74, 6) is 1.15. The van der Waals surface area contributed by atoms with E-state index < -0.39 is 16.8 Å². The number of rotatable bonds is 7. The first-order valence-electron chi connectivity index (χ1n) is 12.4. The highest BCUT2D eigenvalue weighted by Gasteiger charge is 2.52. The summed E-state index contributed by atoms with van der Waals surface area (Å²) in [6, 6.07) is 3.66. The highest BCUT2D eigenvalue weighted by Crippen LogP contribution is 2.47. The van der Waals surface area contributed by atoms with Crippen LogP contribution in [0.1, 0.15) is 77.0 Å². The number of cyclic esters (lactones) is 1. The number of H-pyrrole nitrogens is 1. The van der Waals surface area contributed by atoms with Crippen molar-refractivity contribution < 1.29 is 14.3 Å². The Kier molecular flexibility index (Phi) is 6.81. The van der Waals surface area contributed by atoms with Crippen LogP contribution in [-0.2, 0) is 14.3 Å². The lowest BCUT2D eigenvalue weighted by Crippen LogP contribution is -2.53. The standard InChI is InChI=1S/C25H32N4O3S/c30-20-16-25(19-8-4-5-9-19,13-10-17-6-2-1-3-7-17)32-23(31)21(20)33-24-27-22(28-29-24)18-11-14-26-15-12-18/h11-12,14-15,17,19,21H,1-10,13,16H2,(H,27,28,29). The Bertz CT molecular complexity index is 949. The SMILES string of the molecule is O=C1CC(CCC2CCCCC2)(C2CCCC2)OC(=O)C1Sc1n[nH]c(-c2ccncc2)n1. The number of thioether (sulfide) groups is 1. The molecule has 0 spiro atoms. The number of carbonyl (C=O) groups is 2. The quantitative estimate of drug-likeness (QED) is 0.444. The summed E-state index contributed by atoms with van der Waals surface area (Å²) in [5, 5.41) is 6.59. The maximum Gasteiger partial charge on any atom is 0.327 e. The summed E-state index contributed by atoms with van der Waals surface area (Å²) >= 11 is 1.09. The number of pyridine rings is 1. The second-order valence-electron chi connectivity index (χ2n) is 9.85. The zero-order valence-electron chi connectivity index (χ0n) is 19.0. The van der Waals surface area contributed by atoms with Crippen molar-refractivity contribution in [2.45, 2.75) is 93.1 Å². The predicted octanol–water partition coefficient (Wildman–Crippen LogP) is 5.13. The number of carbonyl (C=O) groups excluding carboxylic acids is 2. The van der Waals surface area contributed by atoms with E-state index in [9.17, 15) is 9.59 Å². The fourth-order valence-corrected chi connectivity index (χ4v) is 6.73. The molecule has 2 unspecified atom stereocenters. The zero-order chi connectivity index (χ0) is 22.7. The molecule has 3 aliphatic rings. The molecule has 1 aliphatic heterocycles. The number of hydrogen-bond donors (Lipinski definition) is 1. The van der Waals surface area contributed by atoms with Crippen LogP contribution in [0.5, 0.6) is 0 Å². The zero-order valence-corrected chi connectivity index (χ0v) is 19.8. The van der Waals surface area contributed by atoms with Crippen LogP contribution in [0.4, 0.5) is 0 Å². The lowest BCUT2D eigenvalue weighted by molar-refractivity contribution is -0.178. The summed E-state index contributed by atoms with van der Waals surface area (Å²) in [6.45, 7) is 0. The molecule has 0 amide bonds. The van der Waals surface area contributed by atoms with E-state index in [1.165, 1.54) is 32.1 Å². The lowest BCUT2D eigenvalue weighted by atomic mass is 9.74. The van der Waals surface area contributed by atoms with Crippen LogP contribution in [0, 0.1) is 11.8 Å². The third kappa shape index (κ3) is 5.00. The van der Waals surface area contributed by atoms with Crippen LogP contribution in [0.3, 0.4) is 0 Å². The Hall–Kier alpha value is -2.22. The molecule has 3 heterocycles. The van der Waals surface area contributed by atoms with Crippen molar-refractivity contribution in [1.29, 1.82) is 0 Å². The van der Waals surface area contributed by atoms with Crippen molar-refractivity contribution in [2.24, 2.45) is 11.8 Å². The fourth-order valence-electron chi connectivity index (χ4n) is 5.91. The molecule has 0 aromatic carbocycles. The van der Waals surface area contributed by atoms with E-state index >= 15 is 0 Å². The second-order valence-corrected chi connectivity index (χ2v) is 10.9. The normalized spacial score (nSPS) is 27.1. The molecule has 2 aliphatic carbocycles. The smallest absolute Gasteiger partial charge is 0.327 e. The van der Waals surface area contributed by atoms with E-state index in [1.807, 2.05) is 12.1 Å². The van der Waals surface area contributed by atoms with Crippen molar-refractivity contribution in [3.63, 3.8) is 0 Å². The topological polar surface area (TPSA) is 97.8 Å². The molecule has 33 heavy (non-hydrogen) atoms. The average Bonchev–Trinajstić information content (AvgIpc) is 3.54. The molecule has 1 saturated heterocycles. The van der Waals surface area contributed by atoms with Crippen LogP contribution in [-0.4, -0.2) is 42.8 Å². The summed E-state index contributed by atoms with van der Waals surface area (Å²) in [7, 11) is 0. The van der Waals surface area contributed by atoms with E-state index in [4.69, 9.17) is 4.74 Å². The van der Waals surface area contributed by atoms with Crippen LogP contribution in [0.15, 0.2) is 29.7 Å². The molecule has 2 saturated carbocycles. The molecular formula is C25H32N4O3S. The number of nitrogens with zero attached hydrogens (tertiary/aromatic N) is 3. The lowest BCUT2D eigenvalue weighted by Gasteiger charge is -2.43. The van der Waals surface area contributed by atoms with Gasteiger partial charge >= 0.3 is 5.97 Å². The minimum atomic E-state index is -0.893. The predicted molar refractivity (Wildman–Crippen MR) is 125 cm³/mol. The van der Waals surface area contributed by atoms with Crippen LogP contribution in [0.2, 0.25) is 0 Å². The number of aromatic nitrogens is 4. The summed E-state index contributed by atoms with van der Waals surface area (Å²) in [4.78, 5) is 35.0. The van der Waals surface area contributed by atoms with Crippen molar-refractivity contribution in [1.82, 2.24) is 20.2 Å². The number of ether oxygens (including phenoxy) is 1. The van der Waals surface area contributed by atoms with E-state index in [0.29, 0.717) is 29.2 Å². The summed E-state index contributed by atoms with van der Waals surface area (Å²) in [6.07, 6.45) is 16.5. The summed E-state index contributed by atoms with van der Waals surface area (Å²) < 4.78 is 6.24. The largest absolute Gasteiger partial charge is 0.457 e. The van der Waals surface area contributed by atoms with Crippen molar-refractivity contribution in [3.05, 3.63) is 24.5 Å². The number of hydrogen-bond acceptors (Lipinski definition) is 7. The molecule has 7 nitrogen and oxygen atoms in total. The first kappa shape index (κ1) is 22.6. The van der Waals surface area contributed by atoms with Gasteiger partial charge in [0.15, 0.2) is 16.9 Å². The van der Waals surface area contributed by atoms with Crippen molar-refractivity contribution in [2.75, 3.05) is 0 Å². The molecule has 8 heteroatoms. The summed E-state index contributed by atoms with van der Waals surface area (Å²) in [5.41, 5.74) is 0.241. The third-order valence-corrected chi connectivity index (χ3v) is 8.81. The molecule has 0 bridgehead atoms. The highest BCUT2D eigenvalue weighted by atomic mass is 32.2. The number of ketones is 1. The van der Waals surface area contributed by atoms with Gasteiger partial charge in [-0.1, -0.05) is 56.7 Å². The van der Waals surface area contributed by atoms with Crippen molar-refractivity contribution >= 4 is 23.5 Å². The molecule has 3 fully saturated rings. The Morgan fingerprint density at radius 1 is 1.03 bits per heavy atom. The molecule has 2 atom stereocenters. The van der Waals surface area contributed by atoms with Gasteiger partial charge in [0.05, 0.1) is 0 Å². The number of esters is 1. The number of nitrogens with one attached hydrogen (secondary N) is 1. The molecule has 176 valence electrons. The van der Waals surface area contributed by atoms with E-state index in [2.05, 4.69) is 20.2 Å². The maximum absolute atomic E-state index is 13.3. The van der Waals surface area contributed by atoms with E-state index in [0.717, 1.165) is 55.9 Å². The first-order chi connectivity index (χ1) is 16.1. The van der Waals surface area contributed by atoms with Crippen LogP contribution in [0.25, 0.3) is 11.4 Å². The number of aromatic amines is 1. The van der Waals surface area contributed by atoms with Gasteiger partial charge in [0.2, 0.25) is 5.16 Å². The van der Waals surface area contributed by atoms with Gasteiger partial charge in [0.25, 0.3) is 0 Å². The van der Waals surface area contributed by atoms with Gasteiger partial charge in [-0.3, -0.25) is 19.7 Å². The Balaban J connectivity index is 1.28. The van der Waals surface area contributed by atoms with Gasteiger partial charge in [-0.05, 0) is 49.7 Å². The van der Waals surface area contributed by atoms with Gasteiger partial charge in [-0.2, -0.15) is 0 Å².